The van der Waals surface area contributed by atoms with Gasteiger partial charge < -0.3 is 19.7 Å². The first-order valence-corrected chi connectivity index (χ1v) is 12.0. The maximum absolute atomic E-state index is 12.6. The predicted molar refractivity (Wildman–Crippen MR) is 133 cm³/mol. The molecule has 0 bridgehead atoms. The van der Waals surface area contributed by atoms with Gasteiger partial charge in [-0.05, 0) is 19.1 Å². The Morgan fingerprint density at radius 2 is 2.00 bits per heavy atom. The first-order chi connectivity index (χ1) is 15.0. The average Bonchev–Trinajstić information content (AvgIpc) is 3.42. The van der Waals surface area contributed by atoms with E-state index in [4.69, 9.17) is 9.52 Å². The van der Waals surface area contributed by atoms with Crippen molar-refractivity contribution in [2.24, 2.45) is 4.99 Å². The lowest BCUT2D eigenvalue weighted by molar-refractivity contribution is 0.260. The van der Waals surface area contributed by atoms with Crippen molar-refractivity contribution in [1.29, 1.82) is 0 Å². The molecule has 3 heterocycles. The molecule has 4 rings (SSSR count). The molecular formula is C20H28IN7O3S. The standard InChI is InChI=1S/C20H27N7O3S.HI/c1-2-21-20(22-9-7-19-23-17-5-3-4-6-18(17)24-19)26-10-12-27(13-11-26)31(28,29)15-16-8-14-30-25-16;/h3-6,8,14H,2,7,9-13,15H2,1H3,(H,21,22)(H,23,24);1H. The van der Waals surface area contributed by atoms with Crippen LogP contribution < -0.4 is 5.32 Å². The Kier molecular flexibility index (Phi) is 8.48. The Hall–Kier alpha value is -2.19. The van der Waals surface area contributed by atoms with Gasteiger partial charge in [0, 0.05) is 51.8 Å². The highest BCUT2D eigenvalue weighted by Gasteiger charge is 2.29. The van der Waals surface area contributed by atoms with Crippen LogP contribution in [0.4, 0.5) is 0 Å². The van der Waals surface area contributed by atoms with E-state index in [0.717, 1.165) is 29.4 Å². The second-order valence-corrected chi connectivity index (χ2v) is 9.29. The quantitative estimate of drug-likeness (QED) is 0.252. The topological polar surface area (TPSA) is 120 Å². The van der Waals surface area contributed by atoms with Crippen LogP contribution in [0.1, 0.15) is 18.4 Å². The van der Waals surface area contributed by atoms with Crippen LogP contribution in [0.2, 0.25) is 0 Å². The van der Waals surface area contributed by atoms with Crippen LogP contribution in [-0.4, -0.2) is 78.0 Å². The van der Waals surface area contributed by atoms with Gasteiger partial charge in [-0.15, -0.1) is 24.0 Å². The molecule has 1 saturated heterocycles. The first kappa shape index (κ1) is 24.5. The molecule has 32 heavy (non-hydrogen) atoms. The number of nitrogens with one attached hydrogen (secondary N) is 2. The summed E-state index contributed by atoms with van der Waals surface area (Å²) in [6, 6.07) is 9.52. The number of fused-ring (bicyclic) bond motifs is 1. The van der Waals surface area contributed by atoms with E-state index in [9.17, 15) is 8.42 Å². The molecule has 1 fully saturated rings. The van der Waals surface area contributed by atoms with Gasteiger partial charge in [0.05, 0.1) is 16.7 Å². The Balaban J connectivity index is 0.00000289. The average molecular weight is 573 g/mol. The van der Waals surface area contributed by atoms with Gasteiger partial charge in [0.1, 0.15) is 17.8 Å². The van der Waals surface area contributed by atoms with Crippen molar-refractivity contribution in [3.05, 3.63) is 48.1 Å². The lowest BCUT2D eigenvalue weighted by Crippen LogP contribution is -2.54. The Morgan fingerprint density at radius 3 is 2.69 bits per heavy atom. The lowest BCUT2D eigenvalue weighted by Gasteiger charge is -2.35. The molecular weight excluding hydrogens is 545 g/mol. The summed E-state index contributed by atoms with van der Waals surface area (Å²) in [5.41, 5.74) is 2.40. The van der Waals surface area contributed by atoms with E-state index < -0.39 is 10.0 Å². The fourth-order valence-electron chi connectivity index (χ4n) is 3.59. The number of halogens is 1. The number of benzene rings is 1. The molecule has 3 aromatic rings. The number of para-hydroxylation sites is 2. The van der Waals surface area contributed by atoms with E-state index in [-0.39, 0.29) is 29.7 Å². The molecule has 0 amide bonds. The Labute approximate surface area is 204 Å². The molecule has 0 atom stereocenters. The predicted octanol–water partition coefficient (Wildman–Crippen LogP) is 1.82. The van der Waals surface area contributed by atoms with Crippen molar-refractivity contribution >= 4 is 51.0 Å². The number of hydrogen-bond donors (Lipinski definition) is 2. The fraction of sp³-hybridized carbons (Fsp3) is 0.450. The van der Waals surface area contributed by atoms with Gasteiger partial charge in [0.2, 0.25) is 10.0 Å². The highest BCUT2D eigenvalue weighted by molar-refractivity contribution is 14.0. The van der Waals surface area contributed by atoms with E-state index in [1.54, 1.807) is 6.07 Å². The van der Waals surface area contributed by atoms with Gasteiger partial charge >= 0.3 is 0 Å². The molecule has 0 aliphatic carbocycles. The highest BCUT2D eigenvalue weighted by Crippen LogP contribution is 2.13. The maximum Gasteiger partial charge on any atom is 0.220 e. The summed E-state index contributed by atoms with van der Waals surface area (Å²) in [6.45, 7) is 5.33. The number of sulfonamides is 1. The number of aromatic nitrogens is 3. The molecule has 174 valence electrons. The van der Waals surface area contributed by atoms with Crippen LogP contribution in [0.25, 0.3) is 11.0 Å². The van der Waals surface area contributed by atoms with Crippen molar-refractivity contribution in [2.45, 2.75) is 19.1 Å². The highest BCUT2D eigenvalue weighted by atomic mass is 127. The molecule has 10 nitrogen and oxygen atoms in total. The van der Waals surface area contributed by atoms with E-state index in [0.29, 0.717) is 44.8 Å². The number of H-pyrrole nitrogens is 1. The summed E-state index contributed by atoms with van der Waals surface area (Å²) in [5.74, 6) is 1.56. The van der Waals surface area contributed by atoms with Crippen molar-refractivity contribution in [3.8, 4) is 0 Å². The van der Waals surface area contributed by atoms with E-state index in [2.05, 4.69) is 25.3 Å². The second-order valence-electron chi connectivity index (χ2n) is 7.32. The van der Waals surface area contributed by atoms with Crippen LogP contribution >= 0.6 is 24.0 Å². The minimum atomic E-state index is -3.42. The SMILES string of the molecule is CCNC(=NCCc1nc2ccccc2[nH]1)N1CCN(S(=O)(=O)Cc2ccon2)CC1.I. The number of hydrogen-bond acceptors (Lipinski definition) is 6. The van der Waals surface area contributed by atoms with E-state index >= 15 is 0 Å². The van der Waals surface area contributed by atoms with Crippen molar-refractivity contribution in [1.82, 2.24) is 29.6 Å². The van der Waals surface area contributed by atoms with Crippen LogP contribution in [0.5, 0.6) is 0 Å². The fourth-order valence-corrected chi connectivity index (χ4v) is 5.01. The third-order valence-corrected chi connectivity index (χ3v) is 6.95. The lowest BCUT2D eigenvalue weighted by atomic mass is 10.3. The molecule has 0 unspecified atom stereocenters. The summed E-state index contributed by atoms with van der Waals surface area (Å²) in [4.78, 5) is 14.7. The Bertz CT molecular complexity index is 1090. The van der Waals surface area contributed by atoms with Gasteiger partial charge in [-0.25, -0.2) is 13.4 Å². The zero-order valence-corrected chi connectivity index (χ0v) is 21.0. The smallest absolute Gasteiger partial charge is 0.220 e. The van der Waals surface area contributed by atoms with Crippen molar-refractivity contribution in [3.63, 3.8) is 0 Å². The number of piperazine rings is 1. The summed E-state index contributed by atoms with van der Waals surface area (Å²) in [5, 5.41) is 7.02. The minimum absolute atomic E-state index is 0. The molecule has 2 N–H and O–H groups in total. The largest absolute Gasteiger partial charge is 0.364 e. The third kappa shape index (κ3) is 5.98. The minimum Gasteiger partial charge on any atom is -0.364 e. The van der Waals surface area contributed by atoms with E-state index in [1.165, 1.54) is 10.6 Å². The Morgan fingerprint density at radius 1 is 1.22 bits per heavy atom. The number of nitrogens with zero attached hydrogens (tertiary/aromatic N) is 5. The summed E-state index contributed by atoms with van der Waals surface area (Å²) in [7, 11) is -3.42. The monoisotopic (exact) mass is 573 g/mol. The molecule has 1 aliphatic heterocycles. The molecule has 2 aromatic heterocycles. The van der Waals surface area contributed by atoms with Crippen LogP contribution in [0, 0.1) is 0 Å². The zero-order chi connectivity index (χ0) is 21.7. The van der Waals surface area contributed by atoms with Crippen molar-refractivity contribution in [2.75, 3.05) is 39.3 Å². The van der Waals surface area contributed by atoms with Gasteiger partial charge in [0.25, 0.3) is 0 Å². The number of aliphatic imine (C=N–C) groups is 1. The molecule has 12 heteroatoms. The van der Waals surface area contributed by atoms with Crippen LogP contribution in [0.15, 0.2) is 46.1 Å². The van der Waals surface area contributed by atoms with Gasteiger partial charge in [0.15, 0.2) is 5.96 Å². The van der Waals surface area contributed by atoms with Crippen molar-refractivity contribution < 1.29 is 12.9 Å². The summed E-state index contributed by atoms with van der Waals surface area (Å²) < 4.78 is 31.5. The van der Waals surface area contributed by atoms with Gasteiger partial charge in [-0.2, -0.15) is 4.31 Å². The zero-order valence-electron chi connectivity index (χ0n) is 17.9. The molecule has 0 saturated carbocycles. The molecule has 1 aromatic carbocycles. The third-order valence-electron chi connectivity index (χ3n) is 5.14. The van der Waals surface area contributed by atoms with Crippen LogP contribution in [0.3, 0.4) is 0 Å². The molecule has 1 aliphatic rings. The molecule has 0 radical (unpaired) electrons. The number of imidazole rings is 1. The van der Waals surface area contributed by atoms with Gasteiger partial charge in [-0.3, -0.25) is 4.99 Å². The van der Waals surface area contributed by atoms with E-state index in [1.807, 2.05) is 31.2 Å². The summed E-state index contributed by atoms with van der Waals surface area (Å²) >= 11 is 0. The summed E-state index contributed by atoms with van der Waals surface area (Å²) in [6.07, 6.45) is 2.09. The number of rotatable bonds is 7. The number of aromatic amines is 1. The number of guanidine groups is 1. The maximum atomic E-state index is 12.6. The van der Waals surface area contributed by atoms with Crippen LogP contribution in [-0.2, 0) is 22.2 Å². The normalized spacial score (nSPS) is 15.7. The first-order valence-electron chi connectivity index (χ1n) is 10.4. The molecule has 0 spiro atoms. The van der Waals surface area contributed by atoms with Gasteiger partial charge in [-0.1, -0.05) is 17.3 Å². The second kappa shape index (κ2) is 11.1.